The van der Waals surface area contributed by atoms with Crippen molar-refractivity contribution >= 4 is 16.9 Å². The number of nitrogens with zero attached hydrogens (tertiary/aromatic N) is 2. The van der Waals surface area contributed by atoms with E-state index in [0.29, 0.717) is 6.54 Å². The van der Waals surface area contributed by atoms with Gasteiger partial charge in [0.2, 0.25) is 5.91 Å². The molecule has 0 saturated heterocycles. The molecule has 4 rings (SSSR count). The Hall–Kier alpha value is -2.66. The maximum Gasteiger partial charge on any atom is 0.234 e. The molecule has 1 atom stereocenters. The number of benzene rings is 2. The molecular formula is C21H24N4O. The van der Waals surface area contributed by atoms with Crippen LogP contribution in [0.2, 0.25) is 0 Å². The monoisotopic (exact) mass is 348 g/mol. The van der Waals surface area contributed by atoms with Gasteiger partial charge in [0.1, 0.15) is 11.9 Å². The summed E-state index contributed by atoms with van der Waals surface area (Å²) in [7, 11) is 2.00. The summed E-state index contributed by atoms with van der Waals surface area (Å²) >= 11 is 0. The molecule has 1 aromatic heterocycles. The topological polar surface area (TPSA) is 59.0 Å². The summed E-state index contributed by atoms with van der Waals surface area (Å²) in [6.45, 7) is 1.26. The minimum absolute atomic E-state index is 0.00782. The molecule has 0 radical (unpaired) electrons. The van der Waals surface area contributed by atoms with E-state index in [9.17, 15) is 4.79 Å². The Kier molecular flexibility index (Phi) is 4.71. The molecule has 134 valence electrons. The Balaban J connectivity index is 1.59. The second-order valence-corrected chi connectivity index (χ2v) is 7.00. The minimum atomic E-state index is -0.274. The highest BCUT2D eigenvalue weighted by molar-refractivity contribution is 5.80. The molecule has 1 heterocycles. The average Bonchev–Trinajstić information content (AvgIpc) is 3.43. The van der Waals surface area contributed by atoms with Crippen molar-refractivity contribution in [1.29, 1.82) is 0 Å². The van der Waals surface area contributed by atoms with Crippen LogP contribution in [0.15, 0.2) is 54.6 Å². The number of aromatic nitrogens is 2. The van der Waals surface area contributed by atoms with Gasteiger partial charge in [-0.05, 0) is 43.0 Å². The molecule has 1 amide bonds. The fraction of sp³-hybridized carbons (Fsp3) is 0.333. The Morgan fingerprint density at radius 3 is 2.62 bits per heavy atom. The summed E-state index contributed by atoms with van der Waals surface area (Å²) in [6.07, 6.45) is 2.56. The number of hydrogen-bond donors (Lipinski definition) is 2. The van der Waals surface area contributed by atoms with Gasteiger partial charge in [0.05, 0.1) is 17.6 Å². The molecule has 0 aliphatic heterocycles. The second-order valence-electron chi connectivity index (χ2n) is 7.00. The molecule has 1 unspecified atom stereocenters. The van der Waals surface area contributed by atoms with Crippen molar-refractivity contribution in [2.24, 2.45) is 13.0 Å². The first-order valence-corrected chi connectivity index (χ1v) is 9.19. The van der Waals surface area contributed by atoms with Gasteiger partial charge in [0.15, 0.2) is 0 Å². The zero-order valence-electron chi connectivity index (χ0n) is 15.0. The van der Waals surface area contributed by atoms with Crippen LogP contribution in [0.25, 0.3) is 11.0 Å². The second kappa shape index (κ2) is 7.30. The molecule has 2 aromatic carbocycles. The Bertz CT molecular complexity index is 899. The summed E-state index contributed by atoms with van der Waals surface area (Å²) in [5.74, 6) is 1.59. The lowest BCUT2D eigenvalue weighted by atomic mass is 10.1. The van der Waals surface area contributed by atoms with E-state index in [4.69, 9.17) is 4.98 Å². The predicted molar refractivity (Wildman–Crippen MR) is 103 cm³/mol. The lowest BCUT2D eigenvalue weighted by Crippen LogP contribution is -2.38. The molecule has 3 aromatic rings. The van der Waals surface area contributed by atoms with Gasteiger partial charge in [-0.25, -0.2) is 4.98 Å². The highest BCUT2D eigenvalue weighted by Crippen LogP contribution is 2.27. The Labute approximate surface area is 153 Å². The summed E-state index contributed by atoms with van der Waals surface area (Å²) in [4.78, 5) is 17.3. The van der Waals surface area contributed by atoms with E-state index < -0.39 is 0 Å². The molecule has 1 fully saturated rings. The van der Waals surface area contributed by atoms with Crippen LogP contribution in [0.3, 0.4) is 0 Å². The molecule has 0 spiro atoms. The van der Waals surface area contributed by atoms with Gasteiger partial charge in [-0.15, -0.1) is 0 Å². The lowest BCUT2D eigenvalue weighted by molar-refractivity contribution is -0.120. The fourth-order valence-electron chi connectivity index (χ4n) is 3.29. The molecule has 0 bridgehead atoms. The standard InChI is InChI=1S/C21H24N4O/c1-25-18-10-6-5-9-17(18)23-21(25)20(16-7-3-2-4-8-16)24-19(26)14-22-13-15-11-12-15/h2-10,15,20,22H,11-14H2,1H3,(H,24,26). The molecule has 2 N–H and O–H groups in total. The van der Waals surface area contributed by atoms with Gasteiger partial charge in [0.25, 0.3) is 0 Å². The molecule has 5 heteroatoms. The van der Waals surface area contributed by atoms with Crippen molar-refractivity contribution < 1.29 is 4.79 Å². The highest BCUT2D eigenvalue weighted by atomic mass is 16.2. The third-order valence-corrected chi connectivity index (χ3v) is 4.93. The molecule has 26 heavy (non-hydrogen) atoms. The van der Waals surface area contributed by atoms with Crippen molar-refractivity contribution in [1.82, 2.24) is 20.2 Å². The lowest BCUT2D eigenvalue weighted by Gasteiger charge is -2.19. The molecular weight excluding hydrogens is 324 g/mol. The third-order valence-electron chi connectivity index (χ3n) is 4.93. The van der Waals surface area contributed by atoms with Crippen molar-refractivity contribution in [2.75, 3.05) is 13.1 Å². The van der Waals surface area contributed by atoms with E-state index in [0.717, 1.165) is 34.9 Å². The summed E-state index contributed by atoms with van der Waals surface area (Å²) in [5.41, 5.74) is 3.03. The van der Waals surface area contributed by atoms with Gasteiger partial charge in [0, 0.05) is 7.05 Å². The summed E-state index contributed by atoms with van der Waals surface area (Å²) in [5, 5.41) is 6.42. The van der Waals surface area contributed by atoms with E-state index >= 15 is 0 Å². The molecule has 5 nitrogen and oxygen atoms in total. The van der Waals surface area contributed by atoms with Crippen LogP contribution in [0.1, 0.15) is 30.3 Å². The average molecular weight is 348 g/mol. The van der Waals surface area contributed by atoms with Crippen molar-refractivity contribution in [3.8, 4) is 0 Å². The van der Waals surface area contributed by atoms with E-state index in [2.05, 4.69) is 15.2 Å². The zero-order valence-corrected chi connectivity index (χ0v) is 15.0. The maximum atomic E-state index is 12.5. The van der Waals surface area contributed by atoms with Crippen LogP contribution in [0, 0.1) is 5.92 Å². The minimum Gasteiger partial charge on any atom is -0.341 e. The van der Waals surface area contributed by atoms with Gasteiger partial charge >= 0.3 is 0 Å². The van der Waals surface area contributed by atoms with Crippen molar-refractivity contribution in [3.05, 3.63) is 66.0 Å². The quantitative estimate of drug-likeness (QED) is 0.690. The van der Waals surface area contributed by atoms with Gasteiger partial charge < -0.3 is 15.2 Å². The number of para-hydroxylation sites is 2. The number of fused-ring (bicyclic) bond motifs is 1. The van der Waals surface area contributed by atoms with Crippen LogP contribution in [-0.2, 0) is 11.8 Å². The van der Waals surface area contributed by atoms with Gasteiger partial charge in [-0.1, -0.05) is 42.5 Å². The normalized spacial score (nSPS) is 15.1. The van der Waals surface area contributed by atoms with E-state index in [-0.39, 0.29) is 11.9 Å². The first-order valence-electron chi connectivity index (χ1n) is 9.19. The van der Waals surface area contributed by atoms with Crippen LogP contribution in [0.5, 0.6) is 0 Å². The number of carbonyl (C=O) groups excluding carboxylic acids is 1. The molecule has 1 aliphatic rings. The van der Waals surface area contributed by atoms with Crippen LogP contribution in [0.4, 0.5) is 0 Å². The van der Waals surface area contributed by atoms with Gasteiger partial charge in [-0.2, -0.15) is 0 Å². The number of hydrogen-bond acceptors (Lipinski definition) is 3. The molecule has 1 saturated carbocycles. The number of rotatable bonds is 7. The SMILES string of the molecule is Cn1c(C(NC(=O)CNCC2CC2)c2ccccc2)nc2ccccc21. The number of aryl methyl sites for hydroxylation is 1. The van der Waals surface area contributed by atoms with Crippen LogP contribution >= 0.6 is 0 Å². The van der Waals surface area contributed by atoms with E-state index in [1.807, 2.05) is 61.6 Å². The Morgan fingerprint density at radius 1 is 1.15 bits per heavy atom. The van der Waals surface area contributed by atoms with Crippen molar-refractivity contribution in [3.63, 3.8) is 0 Å². The largest absolute Gasteiger partial charge is 0.341 e. The van der Waals surface area contributed by atoms with Crippen LogP contribution in [-0.4, -0.2) is 28.5 Å². The predicted octanol–water partition coefficient (Wildman–Crippen LogP) is 2.78. The van der Waals surface area contributed by atoms with E-state index in [1.54, 1.807) is 0 Å². The number of carbonyl (C=O) groups is 1. The number of amides is 1. The molecule has 1 aliphatic carbocycles. The van der Waals surface area contributed by atoms with Gasteiger partial charge in [-0.3, -0.25) is 4.79 Å². The van der Waals surface area contributed by atoms with Crippen molar-refractivity contribution in [2.45, 2.75) is 18.9 Å². The third kappa shape index (κ3) is 3.63. The Morgan fingerprint density at radius 2 is 1.88 bits per heavy atom. The highest BCUT2D eigenvalue weighted by Gasteiger charge is 2.24. The zero-order chi connectivity index (χ0) is 17.9. The number of imidazole rings is 1. The smallest absolute Gasteiger partial charge is 0.234 e. The fourth-order valence-corrected chi connectivity index (χ4v) is 3.29. The first-order chi connectivity index (χ1) is 12.7. The first kappa shape index (κ1) is 16.8. The summed E-state index contributed by atoms with van der Waals surface area (Å²) in [6, 6.07) is 17.8. The van der Waals surface area contributed by atoms with E-state index in [1.165, 1.54) is 12.8 Å². The summed E-state index contributed by atoms with van der Waals surface area (Å²) < 4.78 is 2.06. The van der Waals surface area contributed by atoms with Crippen LogP contribution < -0.4 is 10.6 Å². The number of nitrogens with one attached hydrogen (secondary N) is 2. The maximum absolute atomic E-state index is 12.5.